The van der Waals surface area contributed by atoms with E-state index in [1.165, 1.54) is 12.1 Å². The van der Waals surface area contributed by atoms with Gasteiger partial charge in [0.15, 0.2) is 6.29 Å². The van der Waals surface area contributed by atoms with E-state index in [0.717, 1.165) is 0 Å². The summed E-state index contributed by atoms with van der Waals surface area (Å²) in [6, 6.07) is 4.14. The minimum atomic E-state index is -0.521. The van der Waals surface area contributed by atoms with Gasteiger partial charge < -0.3 is 5.73 Å². The van der Waals surface area contributed by atoms with E-state index in [1.807, 2.05) is 0 Å². The molecule has 2 nitrogen and oxygen atoms in total. The molecular formula is C9H6FNO. The number of carbonyl (C=O) groups is 1. The van der Waals surface area contributed by atoms with E-state index in [2.05, 4.69) is 11.8 Å². The van der Waals surface area contributed by atoms with Crippen LogP contribution in [0.25, 0.3) is 0 Å². The third kappa shape index (κ3) is 1.83. The zero-order valence-corrected chi connectivity index (χ0v) is 6.17. The van der Waals surface area contributed by atoms with E-state index in [-0.39, 0.29) is 5.69 Å². The molecule has 12 heavy (non-hydrogen) atoms. The molecule has 0 heterocycles. The van der Waals surface area contributed by atoms with Gasteiger partial charge in [0.2, 0.25) is 0 Å². The Hall–Kier alpha value is -1.82. The highest BCUT2D eigenvalue weighted by Gasteiger charge is 1.96. The van der Waals surface area contributed by atoms with E-state index in [9.17, 15) is 9.18 Å². The molecule has 1 aromatic carbocycles. The lowest BCUT2D eigenvalue weighted by atomic mass is 10.2. The van der Waals surface area contributed by atoms with Gasteiger partial charge in [0.05, 0.1) is 5.69 Å². The lowest BCUT2D eigenvalue weighted by molar-refractivity contribution is -0.103. The van der Waals surface area contributed by atoms with Crippen LogP contribution in [-0.4, -0.2) is 6.29 Å². The Bertz CT molecular complexity index is 363. The number of nitrogens with two attached hydrogens (primary N) is 1. The van der Waals surface area contributed by atoms with Gasteiger partial charge >= 0.3 is 0 Å². The Morgan fingerprint density at radius 1 is 1.50 bits per heavy atom. The monoisotopic (exact) mass is 163 g/mol. The lowest BCUT2D eigenvalue weighted by Gasteiger charge is -1.94. The number of carbonyl (C=O) groups excluding carboxylic acids is 1. The zero-order chi connectivity index (χ0) is 8.97. The number of hydrogen-bond donors (Lipinski definition) is 1. The van der Waals surface area contributed by atoms with Crippen molar-refractivity contribution in [1.29, 1.82) is 0 Å². The second-order valence-corrected chi connectivity index (χ2v) is 2.12. The number of aldehydes is 1. The maximum atomic E-state index is 12.7. The Labute approximate surface area is 69.2 Å². The molecule has 0 aliphatic carbocycles. The van der Waals surface area contributed by atoms with Crippen molar-refractivity contribution in [3.63, 3.8) is 0 Å². The smallest absolute Gasteiger partial charge is 0.193 e. The number of halogens is 1. The third-order valence-electron chi connectivity index (χ3n) is 1.28. The van der Waals surface area contributed by atoms with Gasteiger partial charge in [-0.05, 0) is 24.1 Å². The quantitative estimate of drug-likeness (QED) is 0.351. The van der Waals surface area contributed by atoms with Crippen LogP contribution in [0.1, 0.15) is 5.56 Å². The summed E-state index contributed by atoms with van der Waals surface area (Å²) in [5.74, 6) is 4.10. The first-order valence-electron chi connectivity index (χ1n) is 3.24. The zero-order valence-electron chi connectivity index (χ0n) is 6.17. The predicted octanol–water partition coefficient (Wildman–Crippen LogP) is 0.958. The Balaban J connectivity index is 3.04. The van der Waals surface area contributed by atoms with Crippen molar-refractivity contribution in [1.82, 2.24) is 0 Å². The fraction of sp³-hybridized carbons (Fsp3) is 0. The molecule has 0 aliphatic rings. The van der Waals surface area contributed by atoms with E-state index in [0.29, 0.717) is 11.8 Å². The van der Waals surface area contributed by atoms with Crippen molar-refractivity contribution in [2.24, 2.45) is 0 Å². The summed E-state index contributed by atoms with van der Waals surface area (Å²) in [5, 5.41) is 0. The summed E-state index contributed by atoms with van der Waals surface area (Å²) in [4.78, 5) is 9.84. The van der Waals surface area contributed by atoms with Crippen molar-refractivity contribution in [3.05, 3.63) is 29.6 Å². The average molecular weight is 163 g/mol. The summed E-state index contributed by atoms with van der Waals surface area (Å²) in [6.07, 6.45) is 0.453. The minimum absolute atomic E-state index is 0.0756. The molecule has 0 fully saturated rings. The molecule has 1 rings (SSSR count). The lowest BCUT2D eigenvalue weighted by Crippen LogP contribution is -1.90. The molecule has 0 amide bonds. The molecule has 0 spiro atoms. The molecule has 0 saturated heterocycles. The molecule has 0 bridgehead atoms. The van der Waals surface area contributed by atoms with Crippen molar-refractivity contribution >= 4 is 12.0 Å². The fourth-order valence-electron chi connectivity index (χ4n) is 0.718. The van der Waals surface area contributed by atoms with Crippen LogP contribution in [0.5, 0.6) is 0 Å². The van der Waals surface area contributed by atoms with Crippen LogP contribution < -0.4 is 5.73 Å². The van der Waals surface area contributed by atoms with Crippen molar-refractivity contribution in [2.45, 2.75) is 0 Å². The summed E-state index contributed by atoms with van der Waals surface area (Å²) in [6.45, 7) is 0. The second kappa shape index (κ2) is 3.54. The van der Waals surface area contributed by atoms with Crippen LogP contribution in [0.4, 0.5) is 10.1 Å². The highest BCUT2D eigenvalue weighted by Crippen LogP contribution is 2.10. The summed E-state index contributed by atoms with van der Waals surface area (Å²) >= 11 is 0. The van der Waals surface area contributed by atoms with Gasteiger partial charge in [0.1, 0.15) is 5.82 Å². The third-order valence-corrected chi connectivity index (χ3v) is 1.28. The summed E-state index contributed by atoms with van der Waals surface area (Å²) < 4.78 is 12.7. The molecule has 2 N–H and O–H groups in total. The van der Waals surface area contributed by atoms with E-state index >= 15 is 0 Å². The maximum absolute atomic E-state index is 12.7. The van der Waals surface area contributed by atoms with E-state index in [4.69, 9.17) is 5.73 Å². The number of benzene rings is 1. The Morgan fingerprint density at radius 3 is 2.83 bits per heavy atom. The average Bonchev–Trinajstić information content (AvgIpc) is 2.07. The Morgan fingerprint density at radius 2 is 2.25 bits per heavy atom. The first kappa shape index (κ1) is 8.28. The van der Waals surface area contributed by atoms with Crippen molar-refractivity contribution < 1.29 is 9.18 Å². The molecule has 0 atom stereocenters. The van der Waals surface area contributed by atoms with Crippen LogP contribution in [0.2, 0.25) is 0 Å². The summed E-state index contributed by atoms with van der Waals surface area (Å²) in [5.41, 5.74) is 5.74. The fourth-order valence-corrected chi connectivity index (χ4v) is 0.718. The highest BCUT2D eigenvalue weighted by molar-refractivity contribution is 5.74. The van der Waals surface area contributed by atoms with Gasteiger partial charge in [0, 0.05) is 5.56 Å². The molecule has 1 aromatic rings. The Kier molecular flexibility index (Phi) is 2.44. The van der Waals surface area contributed by atoms with Crippen molar-refractivity contribution in [3.8, 4) is 11.8 Å². The van der Waals surface area contributed by atoms with Gasteiger partial charge in [-0.15, -0.1) is 0 Å². The first-order valence-corrected chi connectivity index (χ1v) is 3.24. The van der Waals surface area contributed by atoms with E-state index in [1.54, 1.807) is 6.07 Å². The van der Waals surface area contributed by atoms with Crippen LogP contribution in [0, 0.1) is 17.7 Å². The number of hydrogen-bond acceptors (Lipinski definition) is 2. The SMILES string of the molecule is Nc1ccc(C#CC=O)cc1F. The molecule has 60 valence electrons. The topological polar surface area (TPSA) is 43.1 Å². The number of rotatable bonds is 0. The normalized spacial score (nSPS) is 8.42. The molecular weight excluding hydrogens is 157 g/mol. The van der Waals surface area contributed by atoms with Crippen LogP contribution in [0.3, 0.4) is 0 Å². The molecule has 0 aliphatic heterocycles. The number of anilines is 1. The van der Waals surface area contributed by atoms with Crippen LogP contribution in [-0.2, 0) is 4.79 Å². The van der Waals surface area contributed by atoms with Gasteiger partial charge in [-0.25, -0.2) is 4.39 Å². The molecule has 0 aromatic heterocycles. The first-order chi connectivity index (χ1) is 5.74. The molecule has 0 unspecified atom stereocenters. The van der Waals surface area contributed by atoms with Crippen molar-refractivity contribution in [2.75, 3.05) is 5.73 Å². The second-order valence-electron chi connectivity index (χ2n) is 2.12. The highest BCUT2D eigenvalue weighted by atomic mass is 19.1. The molecule has 3 heteroatoms. The molecule has 0 radical (unpaired) electrons. The maximum Gasteiger partial charge on any atom is 0.193 e. The van der Waals surface area contributed by atoms with E-state index < -0.39 is 5.82 Å². The van der Waals surface area contributed by atoms with Gasteiger partial charge in [0.25, 0.3) is 0 Å². The minimum Gasteiger partial charge on any atom is -0.396 e. The largest absolute Gasteiger partial charge is 0.396 e. The van der Waals surface area contributed by atoms with Gasteiger partial charge in [-0.1, -0.05) is 5.92 Å². The van der Waals surface area contributed by atoms with Gasteiger partial charge in [-0.2, -0.15) is 0 Å². The standard InChI is InChI=1S/C9H6FNO/c10-8-6-7(2-1-5-12)3-4-9(8)11/h3-6H,11H2. The van der Waals surface area contributed by atoms with Gasteiger partial charge in [-0.3, -0.25) is 4.79 Å². The molecule has 0 saturated carbocycles. The predicted molar refractivity (Wildman–Crippen MR) is 43.8 cm³/mol. The van der Waals surface area contributed by atoms with Crippen LogP contribution in [0.15, 0.2) is 18.2 Å². The number of nitrogen functional groups attached to an aromatic ring is 1. The van der Waals surface area contributed by atoms with Crippen LogP contribution >= 0.6 is 0 Å². The summed E-state index contributed by atoms with van der Waals surface area (Å²) in [7, 11) is 0.